The van der Waals surface area contributed by atoms with E-state index in [0.29, 0.717) is 16.5 Å². The molecular formula is C12H12ClNO. The van der Waals surface area contributed by atoms with Crippen LogP contribution in [0.3, 0.4) is 0 Å². The predicted octanol–water partition coefficient (Wildman–Crippen LogP) is 3.11. The molecule has 1 heterocycles. The smallest absolute Gasteiger partial charge is 0.0992 e. The van der Waals surface area contributed by atoms with Gasteiger partial charge in [-0.3, -0.25) is 0 Å². The number of rotatable bonds is 1. The Balaban J connectivity index is 2.24. The van der Waals surface area contributed by atoms with Crippen LogP contribution in [0.2, 0.25) is 5.02 Å². The number of ether oxygens (including phenoxy) is 1. The lowest BCUT2D eigenvalue weighted by atomic mass is 9.91. The molecule has 0 bridgehead atoms. The summed E-state index contributed by atoms with van der Waals surface area (Å²) in [5.74, 6) is 0.485. The van der Waals surface area contributed by atoms with Gasteiger partial charge in [-0.1, -0.05) is 17.7 Å². The Kier molecular flexibility index (Phi) is 3.25. The Bertz CT molecular complexity index is 391. The van der Waals surface area contributed by atoms with Gasteiger partial charge in [0.2, 0.25) is 0 Å². The van der Waals surface area contributed by atoms with Crippen molar-refractivity contribution in [3.63, 3.8) is 0 Å². The molecule has 1 aliphatic heterocycles. The normalized spacial score (nSPS) is 17.3. The van der Waals surface area contributed by atoms with Crippen LogP contribution >= 0.6 is 11.6 Å². The van der Waals surface area contributed by atoms with E-state index in [-0.39, 0.29) is 0 Å². The maximum Gasteiger partial charge on any atom is 0.0992 e. The van der Waals surface area contributed by atoms with E-state index in [9.17, 15) is 0 Å². The summed E-state index contributed by atoms with van der Waals surface area (Å²) < 4.78 is 5.31. The zero-order valence-corrected chi connectivity index (χ0v) is 9.13. The van der Waals surface area contributed by atoms with Crippen molar-refractivity contribution in [1.82, 2.24) is 0 Å². The molecule has 0 amide bonds. The Morgan fingerprint density at radius 1 is 1.33 bits per heavy atom. The molecule has 3 heteroatoms. The van der Waals surface area contributed by atoms with Crippen molar-refractivity contribution in [3.05, 3.63) is 34.3 Å². The molecule has 1 fully saturated rings. The van der Waals surface area contributed by atoms with Gasteiger partial charge < -0.3 is 4.74 Å². The summed E-state index contributed by atoms with van der Waals surface area (Å²) >= 11 is 6.15. The van der Waals surface area contributed by atoms with E-state index in [1.165, 1.54) is 0 Å². The van der Waals surface area contributed by atoms with E-state index in [2.05, 4.69) is 6.07 Å². The van der Waals surface area contributed by atoms with Crippen LogP contribution in [0.5, 0.6) is 0 Å². The van der Waals surface area contributed by atoms with Gasteiger partial charge >= 0.3 is 0 Å². The lowest BCUT2D eigenvalue weighted by molar-refractivity contribution is 0.0853. The predicted molar refractivity (Wildman–Crippen MR) is 59.0 cm³/mol. The minimum atomic E-state index is 0.485. The van der Waals surface area contributed by atoms with Crippen molar-refractivity contribution in [2.45, 2.75) is 18.8 Å². The van der Waals surface area contributed by atoms with Gasteiger partial charge in [0.1, 0.15) is 0 Å². The molecule has 0 aliphatic carbocycles. The fraction of sp³-hybridized carbons (Fsp3) is 0.417. The largest absolute Gasteiger partial charge is 0.381 e. The van der Waals surface area contributed by atoms with E-state index < -0.39 is 0 Å². The highest BCUT2D eigenvalue weighted by atomic mass is 35.5. The van der Waals surface area contributed by atoms with Crippen LogP contribution in [-0.4, -0.2) is 13.2 Å². The van der Waals surface area contributed by atoms with Crippen molar-refractivity contribution in [2.24, 2.45) is 0 Å². The minimum absolute atomic E-state index is 0.485. The number of halogens is 1. The first-order chi connectivity index (χ1) is 7.31. The van der Waals surface area contributed by atoms with Crippen molar-refractivity contribution >= 4 is 11.6 Å². The van der Waals surface area contributed by atoms with Gasteiger partial charge in [-0.25, -0.2) is 0 Å². The molecule has 2 nitrogen and oxygen atoms in total. The minimum Gasteiger partial charge on any atom is -0.381 e. The van der Waals surface area contributed by atoms with Crippen LogP contribution in [0.1, 0.15) is 29.9 Å². The third-order valence-electron chi connectivity index (χ3n) is 2.79. The quantitative estimate of drug-likeness (QED) is 0.730. The summed E-state index contributed by atoms with van der Waals surface area (Å²) in [7, 11) is 0. The highest BCUT2D eigenvalue weighted by molar-refractivity contribution is 6.31. The molecule has 2 rings (SSSR count). The van der Waals surface area contributed by atoms with E-state index in [0.717, 1.165) is 31.6 Å². The van der Waals surface area contributed by atoms with Crippen LogP contribution in [0.15, 0.2) is 18.2 Å². The molecule has 78 valence electrons. The molecule has 0 unspecified atom stereocenters. The summed E-state index contributed by atoms with van der Waals surface area (Å²) in [6.45, 7) is 1.61. The van der Waals surface area contributed by atoms with Crippen LogP contribution in [0.4, 0.5) is 0 Å². The number of hydrogen-bond donors (Lipinski definition) is 0. The summed E-state index contributed by atoms with van der Waals surface area (Å²) in [5.41, 5.74) is 1.77. The van der Waals surface area contributed by atoms with Crippen molar-refractivity contribution in [1.29, 1.82) is 5.26 Å². The highest BCUT2D eigenvalue weighted by Gasteiger charge is 2.18. The Morgan fingerprint density at radius 3 is 2.67 bits per heavy atom. The van der Waals surface area contributed by atoms with Crippen LogP contribution in [-0.2, 0) is 4.74 Å². The van der Waals surface area contributed by atoms with E-state index in [1.807, 2.05) is 12.1 Å². The fourth-order valence-electron chi connectivity index (χ4n) is 1.94. The number of nitrogens with zero attached hydrogens (tertiary/aromatic N) is 1. The fourth-order valence-corrected chi connectivity index (χ4v) is 2.27. The third-order valence-corrected chi connectivity index (χ3v) is 3.12. The summed E-state index contributed by atoms with van der Waals surface area (Å²) in [5, 5.41) is 9.44. The lowest BCUT2D eigenvalue weighted by Gasteiger charge is -2.23. The molecule has 1 saturated heterocycles. The molecule has 1 aliphatic rings. The van der Waals surface area contributed by atoms with E-state index >= 15 is 0 Å². The first kappa shape index (κ1) is 10.5. The Morgan fingerprint density at radius 2 is 2.07 bits per heavy atom. The average Bonchev–Trinajstić information content (AvgIpc) is 2.30. The van der Waals surface area contributed by atoms with Crippen LogP contribution in [0, 0.1) is 11.3 Å². The van der Waals surface area contributed by atoms with Gasteiger partial charge in [0.15, 0.2) is 0 Å². The first-order valence-corrected chi connectivity index (χ1v) is 5.46. The molecule has 0 aromatic heterocycles. The average molecular weight is 222 g/mol. The second-order valence-corrected chi connectivity index (χ2v) is 4.14. The van der Waals surface area contributed by atoms with Crippen molar-refractivity contribution in [3.8, 4) is 6.07 Å². The second kappa shape index (κ2) is 4.65. The number of benzene rings is 1. The molecule has 0 saturated carbocycles. The molecular weight excluding hydrogens is 210 g/mol. The highest BCUT2D eigenvalue weighted by Crippen LogP contribution is 2.32. The van der Waals surface area contributed by atoms with Gasteiger partial charge in [0.25, 0.3) is 0 Å². The molecule has 0 radical (unpaired) electrons. The Labute approximate surface area is 94.4 Å². The molecule has 0 spiro atoms. The van der Waals surface area contributed by atoms with Crippen LogP contribution in [0.25, 0.3) is 0 Å². The monoisotopic (exact) mass is 221 g/mol. The lowest BCUT2D eigenvalue weighted by Crippen LogP contribution is -2.14. The Hall–Kier alpha value is -1.04. The van der Waals surface area contributed by atoms with Crippen LogP contribution < -0.4 is 0 Å². The maximum absolute atomic E-state index is 8.73. The zero-order chi connectivity index (χ0) is 10.7. The zero-order valence-electron chi connectivity index (χ0n) is 8.37. The van der Waals surface area contributed by atoms with Gasteiger partial charge in [0, 0.05) is 18.2 Å². The molecule has 0 atom stereocenters. The standard InChI is InChI=1S/C12H12ClNO/c13-12-7-9(8-14)1-2-11(12)10-3-5-15-6-4-10/h1-2,7,10H,3-6H2. The SMILES string of the molecule is N#Cc1ccc(C2CCOCC2)c(Cl)c1. The van der Waals surface area contributed by atoms with Crippen molar-refractivity contribution in [2.75, 3.05) is 13.2 Å². The van der Waals surface area contributed by atoms with E-state index in [1.54, 1.807) is 6.07 Å². The first-order valence-electron chi connectivity index (χ1n) is 5.08. The van der Waals surface area contributed by atoms with Gasteiger partial charge in [-0.15, -0.1) is 0 Å². The second-order valence-electron chi connectivity index (χ2n) is 3.73. The molecule has 1 aromatic carbocycles. The number of nitriles is 1. The topological polar surface area (TPSA) is 33.0 Å². The molecule has 0 N–H and O–H groups in total. The summed E-state index contributed by atoms with van der Waals surface area (Å²) in [4.78, 5) is 0. The maximum atomic E-state index is 8.73. The molecule has 1 aromatic rings. The van der Waals surface area contributed by atoms with Gasteiger partial charge in [0.05, 0.1) is 11.6 Å². The van der Waals surface area contributed by atoms with Crippen molar-refractivity contribution < 1.29 is 4.74 Å². The third kappa shape index (κ3) is 2.31. The molecule has 15 heavy (non-hydrogen) atoms. The summed E-state index contributed by atoms with van der Waals surface area (Å²) in [6, 6.07) is 7.63. The van der Waals surface area contributed by atoms with Gasteiger partial charge in [-0.2, -0.15) is 5.26 Å². The summed E-state index contributed by atoms with van der Waals surface area (Å²) in [6.07, 6.45) is 2.04. The van der Waals surface area contributed by atoms with Gasteiger partial charge in [-0.05, 0) is 36.5 Å². The number of hydrogen-bond acceptors (Lipinski definition) is 2. The van der Waals surface area contributed by atoms with E-state index in [4.69, 9.17) is 21.6 Å².